The molecule has 0 N–H and O–H groups in total. The van der Waals surface area contributed by atoms with E-state index in [2.05, 4.69) is 106 Å². The van der Waals surface area contributed by atoms with Gasteiger partial charge in [0.1, 0.15) is 13.2 Å². The topological polar surface area (TPSA) is 78.9 Å². The van der Waals surface area contributed by atoms with Crippen LogP contribution in [0.1, 0.15) is 252 Å². The summed E-state index contributed by atoms with van der Waals surface area (Å²) < 4.78 is 16.8. The van der Waals surface area contributed by atoms with Crippen LogP contribution in [-0.2, 0) is 28.6 Å². The third kappa shape index (κ3) is 51.4. The van der Waals surface area contributed by atoms with E-state index in [0.717, 1.165) is 135 Å². The maximum Gasteiger partial charge on any atom is 0.306 e. The van der Waals surface area contributed by atoms with Gasteiger partial charge in [-0.15, -0.1) is 0 Å². The first-order valence-corrected chi connectivity index (χ1v) is 27.1. The van der Waals surface area contributed by atoms with Gasteiger partial charge < -0.3 is 14.2 Å². The monoisotopic (exact) mass is 905 g/mol. The molecule has 0 aromatic heterocycles. The smallest absolute Gasteiger partial charge is 0.306 e. The summed E-state index contributed by atoms with van der Waals surface area (Å²) in [6.07, 6.45) is 68.5. The molecule has 0 bridgehead atoms. The van der Waals surface area contributed by atoms with Gasteiger partial charge in [0.2, 0.25) is 0 Å². The van der Waals surface area contributed by atoms with Gasteiger partial charge in [-0.3, -0.25) is 14.4 Å². The molecule has 0 amide bonds. The normalized spacial score (nSPS) is 12.7. The van der Waals surface area contributed by atoms with Crippen LogP contribution in [0, 0.1) is 0 Å². The van der Waals surface area contributed by atoms with Crippen molar-refractivity contribution < 1.29 is 28.6 Å². The van der Waals surface area contributed by atoms with E-state index < -0.39 is 6.10 Å². The molecule has 0 saturated heterocycles. The van der Waals surface area contributed by atoms with Gasteiger partial charge in [0, 0.05) is 19.3 Å². The fourth-order valence-corrected chi connectivity index (χ4v) is 7.39. The van der Waals surface area contributed by atoms with Crippen LogP contribution < -0.4 is 0 Å². The summed E-state index contributed by atoms with van der Waals surface area (Å²) in [4.78, 5) is 38.1. The van der Waals surface area contributed by atoms with Crippen molar-refractivity contribution in [3.8, 4) is 0 Å². The lowest BCUT2D eigenvalue weighted by Crippen LogP contribution is -2.30. The summed E-state index contributed by atoms with van der Waals surface area (Å²) in [6.45, 7) is 6.39. The van der Waals surface area contributed by atoms with Crippen molar-refractivity contribution in [1.29, 1.82) is 0 Å². The Morgan fingerprint density at radius 2 is 0.600 bits per heavy atom. The Hall–Kier alpha value is -3.41. The van der Waals surface area contributed by atoms with Gasteiger partial charge in [0.25, 0.3) is 0 Å². The van der Waals surface area contributed by atoms with Gasteiger partial charge in [-0.2, -0.15) is 0 Å². The van der Waals surface area contributed by atoms with Crippen LogP contribution in [0.15, 0.2) is 85.1 Å². The Labute approximate surface area is 401 Å². The van der Waals surface area contributed by atoms with Crippen molar-refractivity contribution in [2.75, 3.05) is 13.2 Å². The summed E-state index contributed by atoms with van der Waals surface area (Å²) in [5.74, 6) is -0.927. The van der Waals surface area contributed by atoms with E-state index >= 15 is 0 Å². The first-order chi connectivity index (χ1) is 32.0. The first-order valence-electron chi connectivity index (χ1n) is 27.1. The summed E-state index contributed by atoms with van der Waals surface area (Å²) in [7, 11) is 0. The average molecular weight is 905 g/mol. The number of carbonyl (C=O) groups is 3. The van der Waals surface area contributed by atoms with E-state index in [0.29, 0.717) is 19.3 Å². The number of unbranched alkanes of at least 4 members (excludes halogenated alkanes) is 23. The van der Waals surface area contributed by atoms with Crippen LogP contribution in [0.3, 0.4) is 0 Å². The van der Waals surface area contributed by atoms with Crippen LogP contribution in [0.5, 0.6) is 0 Å². The van der Waals surface area contributed by atoms with E-state index in [9.17, 15) is 14.4 Å². The molecule has 0 aromatic carbocycles. The van der Waals surface area contributed by atoms with Crippen molar-refractivity contribution in [2.24, 2.45) is 0 Å². The quantitative estimate of drug-likeness (QED) is 0.0262. The fraction of sp³-hybridized carbons (Fsp3) is 0.712. The van der Waals surface area contributed by atoms with E-state index in [1.807, 2.05) is 0 Å². The SMILES string of the molecule is CC/C=C\C/C=C\C/C=C\C/C=C\CCCCCCC(=O)OC[C@H](COC(=O)CCCCCCC/C=C\C/C=C\C/C=C\CC)OC(=O)CCCCCCCCCCCCCCCCC. The van der Waals surface area contributed by atoms with Crippen molar-refractivity contribution in [3.63, 3.8) is 0 Å². The van der Waals surface area contributed by atoms with E-state index in [-0.39, 0.29) is 31.1 Å². The second kappa shape index (κ2) is 53.2. The standard InChI is InChI=1S/C59H100O6/c1-4-7-10-13-16-19-22-25-28-29-32-34-37-40-43-46-49-52-58(61)64-55-56(65-59(62)53-50-47-44-41-38-35-31-27-24-21-18-15-12-9-6-3)54-63-57(60)51-48-45-42-39-36-33-30-26-23-20-17-14-11-8-5-2/h7-8,10-11,16-17,19-20,25-26,28,30,32,34,56H,4-6,9,12-15,18,21-24,27,29,31,33,35-55H2,1-3H3/b10-7-,11-8-,19-16-,20-17-,28-25-,30-26-,34-32-/t56-/m0/s1. The van der Waals surface area contributed by atoms with Crippen molar-refractivity contribution in [3.05, 3.63) is 85.1 Å². The highest BCUT2D eigenvalue weighted by atomic mass is 16.6. The average Bonchev–Trinajstić information content (AvgIpc) is 3.30. The second-order valence-electron chi connectivity index (χ2n) is 17.7. The molecule has 0 aliphatic carbocycles. The molecule has 0 fully saturated rings. The molecule has 0 radical (unpaired) electrons. The Bertz CT molecular complexity index is 1270. The molecule has 0 saturated carbocycles. The van der Waals surface area contributed by atoms with E-state index in [4.69, 9.17) is 14.2 Å². The number of hydrogen-bond acceptors (Lipinski definition) is 6. The third-order valence-corrected chi connectivity index (χ3v) is 11.4. The van der Waals surface area contributed by atoms with Gasteiger partial charge in [-0.25, -0.2) is 0 Å². The summed E-state index contributed by atoms with van der Waals surface area (Å²) in [5.41, 5.74) is 0. The predicted octanol–water partition coefficient (Wildman–Crippen LogP) is 18.0. The molecule has 372 valence electrons. The lowest BCUT2D eigenvalue weighted by atomic mass is 10.0. The highest BCUT2D eigenvalue weighted by molar-refractivity contribution is 5.71. The minimum Gasteiger partial charge on any atom is -0.462 e. The zero-order chi connectivity index (χ0) is 47.2. The number of allylic oxidation sites excluding steroid dienone is 14. The summed E-state index contributed by atoms with van der Waals surface area (Å²) in [5, 5.41) is 0. The van der Waals surface area contributed by atoms with E-state index in [1.165, 1.54) is 77.0 Å². The maximum atomic E-state index is 12.8. The Morgan fingerprint density at radius 3 is 0.938 bits per heavy atom. The van der Waals surface area contributed by atoms with Gasteiger partial charge in [0.05, 0.1) is 0 Å². The van der Waals surface area contributed by atoms with Crippen LogP contribution in [0.25, 0.3) is 0 Å². The second-order valence-corrected chi connectivity index (χ2v) is 17.7. The van der Waals surface area contributed by atoms with Crippen LogP contribution in [0.4, 0.5) is 0 Å². The van der Waals surface area contributed by atoms with Gasteiger partial charge >= 0.3 is 17.9 Å². The van der Waals surface area contributed by atoms with E-state index in [1.54, 1.807) is 0 Å². The van der Waals surface area contributed by atoms with Crippen molar-refractivity contribution >= 4 is 17.9 Å². The van der Waals surface area contributed by atoms with Crippen molar-refractivity contribution in [2.45, 2.75) is 258 Å². The molecule has 0 aliphatic heterocycles. The molecule has 0 heterocycles. The maximum absolute atomic E-state index is 12.8. The fourth-order valence-electron chi connectivity index (χ4n) is 7.39. The number of hydrogen-bond donors (Lipinski definition) is 0. The first kappa shape index (κ1) is 61.6. The number of carbonyl (C=O) groups excluding carboxylic acids is 3. The summed E-state index contributed by atoms with van der Waals surface area (Å²) >= 11 is 0. The Balaban J connectivity index is 4.45. The molecule has 1 atom stereocenters. The minimum atomic E-state index is -0.792. The minimum absolute atomic E-state index is 0.0923. The van der Waals surface area contributed by atoms with Gasteiger partial charge in [-0.1, -0.05) is 228 Å². The molecule has 65 heavy (non-hydrogen) atoms. The molecular formula is C59H100O6. The number of esters is 3. The highest BCUT2D eigenvalue weighted by Crippen LogP contribution is 2.15. The van der Waals surface area contributed by atoms with Crippen LogP contribution in [0.2, 0.25) is 0 Å². The molecule has 0 rings (SSSR count). The molecule has 6 heteroatoms. The Kier molecular flexibility index (Phi) is 50.4. The summed E-state index contributed by atoms with van der Waals surface area (Å²) in [6, 6.07) is 0. The lowest BCUT2D eigenvalue weighted by Gasteiger charge is -2.18. The number of ether oxygens (including phenoxy) is 3. The molecule has 0 aliphatic rings. The number of rotatable bonds is 48. The zero-order valence-corrected chi connectivity index (χ0v) is 42.5. The zero-order valence-electron chi connectivity index (χ0n) is 42.5. The van der Waals surface area contributed by atoms with Gasteiger partial charge in [0.15, 0.2) is 6.10 Å². The molecule has 6 nitrogen and oxygen atoms in total. The van der Waals surface area contributed by atoms with Crippen molar-refractivity contribution in [1.82, 2.24) is 0 Å². The largest absolute Gasteiger partial charge is 0.462 e. The van der Waals surface area contributed by atoms with Gasteiger partial charge in [-0.05, 0) is 89.9 Å². The Morgan fingerprint density at radius 1 is 0.323 bits per heavy atom. The lowest BCUT2D eigenvalue weighted by molar-refractivity contribution is -0.167. The molecule has 0 unspecified atom stereocenters. The third-order valence-electron chi connectivity index (χ3n) is 11.4. The molecule has 0 aromatic rings. The van der Waals surface area contributed by atoms with Crippen LogP contribution >= 0.6 is 0 Å². The molecular weight excluding hydrogens is 805 g/mol. The highest BCUT2D eigenvalue weighted by Gasteiger charge is 2.19. The van der Waals surface area contributed by atoms with Crippen LogP contribution in [-0.4, -0.2) is 37.2 Å². The predicted molar refractivity (Wildman–Crippen MR) is 279 cm³/mol. The molecule has 0 spiro atoms.